The fourth-order valence-electron chi connectivity index (χ4n) is 2.46. The highest BCUT2D eigenvalue weighted by Crippen LogP contribution is 2.33. The summed E-state index contributed by atoms with van der Waals surface area (Å²) in [5.41, 5.74) is -0.880. The maximum atomic E-state index is 12.9. The van der Waals surface area contributed by atoms with Gasteiger partial charge in [-0.2, -0.15) is 13.2 Å². The summed E-state index contributed by atoms with van der Waals surface area (Å²) in [6, 6.07) is 7.81. The van der Waals surface area contributed by atoms with Crippen molar-refractivity contribution in [2.75, 3.05) is 13.7 Å². The van der Waals surface area contributed by atoms with Crippen LogP contribution in [0.1, 0.15) is 29.8 Å². The topological polar surface area (TPSA) is 72.5 Å². The molecule has 0 aliphatic carbocycles. The molecule has 0 fully saturated rings. The first-order valence-corrected chi connectivity index (χ1v) is 10.2. The van der Waals surface area contributed by atoms with E-state index in [1.807, 2.05) is 0 Å². The third-order valence-electron chi connectivity index (χ3n) is 4.29. The Hall–Kier alpha value is -2.26. The van der Waals surface area contributed by atoms with Crippen molar-refractivity contribution >= 4 is 27.3 Å². The third kappa shape index (κ3) is 5.02. The van der Waals surface area contributed by atoms with Crippen molar-refractivity contribution < 1.29 is 31.1 Å². The lowest BCUT2D eigenvalue weighted by atomic mass is 10.1. The first-order chi connectivity index (χ1) is 13.3. The summed E-state index contributed by atoms with van der Waals surface area (Å²) in [5.74, 6) is -0.211. The zero-order valence-corrected chi connectivity index (χ0v) is 17.4. The van der Waals surface area contributed by atoms with Crippen LogP contribution in [0.2, 0.25) is 5.02 Å². The largest absolute Gasteiger partial charge is 0.495 e. The van der Waals surface area contributed by atoms with Crippen LogP contribution in [-0.4, -0.2) is 32.7 Å². The molecular formula is C19H19ClF3NO4S. The second-order valence-electron chi connectivity index (χ2n) is 6.82. The quantitative estimate of drug-likeness (QED) is 0.711. The molecule has 2 rings (SSSR count). The molecule has 0 radical (unpaired) electrons. The molecule has 0 saturated heterocycles. The zero-order chi connectivity index (χ0) is 22.0. The van der Waals surface area contributed by atoms with E-state index in [9.17, 15) is 26.4 Å². The van der Waals surface area contributed by atoms with Gasteiger partial charge in [-0.25, -0.2) is 8.42 Å². The number of carbonyl (C=O) groups excluding carboxylic acids is 1. The molecule has 10 heteroatoms. The predicted octanol–water partition coefficient (Wildman–Crippen LogP) is 4.35. The number of nitrogens with one attached hydrogen (secondary N) is 1. The Morgan fingerprint density at radius 2 is 1.79 bits per heavy atom. The van der Waals surface area contributed by atoms with E-state index in [1.54, 1.807) is 0 Å². The first-order valence-electron chi connectivity index (χ1n) is 8.33. The van der Waals surface area contributed by atoms with Crippen LogP contribution < -0.4 is 10.1 Å². The van der Waals surface area contributed by atoms with Gasteiger partial charge in [-0.05, 0) is 50.2 Å². The molecule has 0 aliphatic rings. The highest BCUT2D eigenvalue weighted by atomic mass is 35.5. The number of methoxy groups -OCH3 is 1. The molecule has 1 N–H and O–H groups in total. The van der Waals surface area contributed by atoms with Crippen molar-refractivity contribution in [2.45, 2.75) is 29.7 Å². The van der Waals surface area contributed by atoms with Gasteiger partial charge in [0.1, 0.15) is 5.75 Å². The average Bonchev–Trinajstić information content (AvgIpc) is 2.65. The zero-order valence-electron chi connectivity index (χ0n) is 15.8. The Labute approximate surface area is 171 Å². The number of rotatable bonds is 6. The van der Waals surface area contributed by atoms with Gasteiger partial charge in [-0.3, -0.25) is 4.79 Å². The number of alkyl halides is 3. The lowest BCUT2D eigenvalue weighted by molar-refractivity contribution is -0.137. The molecule has 0 atom stereocenters. The summed E-state index contributed by atoms with van der Waals surface area (Å²) in [6.45, 7) is 2.32. The van der Waals surface area contributed by atoms with E-state index in [2.05, 4.69) is 5.32 Å². The molecule has 2 aromatic rings. The van der Waals surface area contributed by atoms with E-state index in [-0.39, 0.29) is 17.1 Å². The van der Waals surface area contributed by atoms with Gasteiger partial charge in [0.05, 0.1) is 27.3 Å². The molecule has 0 heterocycles. The van der Waals surface area contributed by atoms with Crippen molar-refractivity contribution in [3.05, 3.63) is 58.6 Å². The number of carbonyl (C=O) groups is 1. The van der Waals surface area contributed by atoms with Gasteiger partial charge in [0.25, 0.3) is 5.91 Å². The summed E-state index contributed by atoms with van der Waals surface area (Å²) < 4.78 is 67.9. The molecule has 0 aromatic heterocycles. The van der Waals surface area contributed by atoms with Gasteiger partial charge >= 0.3 is 6.18 Å². The normalized spacial score (nSPS) is 12.5. The van der Waals surface area contributed by atoms with Crippen molar-refractivity contribution in [1.29, 1.82) is 0 Å². The minimum absolute atomic E-state index is 0.183. The predicted molar refractivity (Wildman–Crippen MR) is 103 cm³/mol. The van der Waals surface area contributed by atoms with Gasteiger partial charge in [0, 0.05) is 12.1 Å². The molecule has 0 spiro atoms. The Morgan fingerprint density at radius 3 is 2.34 bits per heavy atom. The van der Waals surface area contributed by atoms with Crippen LogP contribution in [0.3, 0.4) is 0 Å². The number of hydrogen-bond acceptors (Lipinski definition) is 4. The number of hydrogen-bond donors (Lipinski definition) is 1. The van der Waals surface area contributed by atoms with Crippen molar-refractivity contribution in [2.24, 2.45) is 0 Å². The van der Waals surface area contributed by atoms with Crippen LogP contribution in [0, 0.1) is 0 Å². The molecule has 0 bridgehead atoms. The van der Waals surface area contributed by atoms with E-state index < -0.39 is 37.1 Å². The average molecular weight is 450 g/mol. The monoisotopic (exact) mass is 449 g/mol. The summed E-state index contributed by atoms with van der Waals surface area (Å²) in [5, 5.41) is 2.69. The lowest BCUT2D eigenvalue weighted by Gasteiger charge is -2.25. The Morgan fingerprint density at radius 1 is 1.14 bits per heavy atom. The number of sulfone groups is 1. The summed E-state index contributed by atoms with van der Waals surface area (Å²) >= 11 is 5.98. The fraction of sp³-hybridized carbons (Fsp3) is 0.316. The standard InChI is InChI=1S/C19H19ClF3NO4S/c1-18(2,11-24-17(25)12-7-8-16(28-3)15(20)9-12)29(26,27)14-6-4-5-13(10-14)19(21,22)23/h4-10H,11H2,1-3H3,(H,24,25). The van der Waals surface area contributed by atoms with Gasteiger partial charge < -0.3 is 10.1 Å². The van der Waals surface area contributed by atoms with Crippen LogP contribution in [0.15, 0.2) is 47.4 Å². The number of benzene rings is 2. The molecule has 158 valence electrons. The lowest BCUT2D eigenvalue weighted by Crippen LogP contribution is -2.44. The molecule has 0 saturated carbocycles. The molecule has 1 amide bonds. The number of amides is 1. The van der Waals surface area contributed by atoms with Crippen molar-refractivity contribution in [1.82, 2.24) is 5.32 Å². The molecule has 0 unspecified atom stereocenters. The second-order valence-corrected chi connectivity index (χ2v) is 9.81. The Balaban J connectivity index is 2.22. The van der Waals surface area contributed by atoms with Crippen LogP contribution in [-0.2, 0) is 16.0 Å². The van der Waals surface area contributed by atoms with Crippen LogP contribution in [0.4, 0.5) is 13.2 Å². The summed E-state index contributed by atoms with van der Waals surface area (Å²) in [6.07, 6.45) is -4.67. The molecule has 5 nitrogen and oxygen atoms in total. The maximum Gasteiger partial charge on any atom is 0.416 e. The third-order valence-corrected chi connectivity index (χ3v) is 7.06. The van der Waals surface area contributed by atoms with E-state index in [0.29, 0.717) is 11.8 Å². The number of ether oxygens (including phenoxy) is 1. The van der Waals surface area contributed by atoms with Gasteiger partial charge in [-0.1, -0.05) is 17.7 Å². The van der Waals surface area contributed by atoms with Crippen molar-refractivity contribution in [3.63, 3.8) is 0 Å². The van der Waals surface area contributed by atoms with Crippen LogP contribution in [0.5, 0.6) is 5.75 Å². The van der Waals surface area contributed by atoms with E-state index in [4.69, 9.17) is 16.3 Å². The molecular weight excluding hydrogens is 431 g/mol. The highest BCUT2D eigenvalue weighted by Gasteiger charge is 2.38. The summed E-state index contributed by atoms with van der Waals surface area (Å²) in [7, 11) is -2.76. The highest BCUT2D eigenvalue weighted by molar-refractivity contribution is 7.92. The van der Waals surface area contributed by atoms with E-state index >= 15 is 0 Å². The Kier molecular flexibility index (Phi) is 6.54. The maximum absolute atomic E-state index is 12.9. The van der Waals surface area contributed by atoms with Crippen molar-refractivity contribution in [3.8, 4) is 5.75 Å². The summed E-state index contributed by atoms with van der Waals surface area (Å²) in [4.78, 5) is 11.9. The van der Waals surface area contributed by atoms with E-state index in [0.717, 1.165) is 18.2 Å². The van der Waals surface area contributed by atoms with Crippen LogP contribution >= 0.6 is 11.6 Å². The van der Waals surface area contributed by atoms with Gasteiger partial charge in [0.2, 0.25) is 0 Å². The van der Waals surface area contributed by atoms with E-state index in [1.165, 1.54) is 39.2 Å². The minimum atomic E-state index is -4.67. The number of halogens is 4. The van der Waals surface area contributed by atoms with Gasteiger partial charge in [-0.15, -0.1) is 0 Å². The Bertz CT molecular complexity index is 1020. The van der Waals surface area contributed by atoms with Crippen LogP contribution in [0.25, 0.3) is 0 Å². The second kappa shape index (κ2) is 8.23. The molecule has 29 heavy (non-hydrogen) atoms. The van der Waals surface area contributed by atoms with Gasteiger partial charge in [0.15, 0.2) is 9.84 Å². The first kappa shape index (κ1) is 23.0. The molecule has 0 aliphatic heterocycles. The molecule has 2 aromatic carbocycles. The smallest absolute Gasteiger partial charge is 0.416 e. The SMILES string of the molecule is COc1ccc(C(=O)NCC(C)(C)S(=O)(=O)c2cccc(C(F)(F)F)c2)cc1Cl. The minimum Gasteiger partial charge on any atom is -0.495 e. The fourth-order valence-corrected chi connectivity index (χ4v) is 4.15.